The Morgan fingerprint density at radius 3 is 2.48 bits per heavy atom. The fourth-order valence-corrected chi connectivity index (χ4v) is 3.40. The van der Waals surface area contributed by atoms with Crippen LogP contribution in [0.15, 0.2) is 48.5 Å². The van der Waals surface area contributed by atoms with E-state index in [0.717, 1.165) is 11.8 Å². The minimum absolute atomic E-state index is 0.0791. The topological polar surface area (TPSA) is 84.9 Å². The Balaban J connectivity index is 1.98. The summed E-state index contributed by atoms with van der Waals surface area (Å²) in [7, 11) is -2.07. The SMILES string of the molecule is COc1ccc(C)cc1N(CCNC(=O)COc1ccccc1)S(C)(=O)=O. The van der Waals surface area contributed by atoms with Gasteiger partial charge in [-0.25, -0.2) is 8.42 Å². The van der Waals surface area contributed by atoms with Gasteiger partial charge in [-0.05, 0) is 36.8 Å². The molecule has 0 fully saturated rings. The summed E-state index contributed by atoms with van der Waals surface area (Å²) < 4.78 is 36.3. The van der Waals surface area contributed by atoms with Crippen molar-refractivity contribution in [2.75, 3.05) is 37.4 Å². The molecule has 146 valence electrons. The van der Waals surface area contributed by atoms with Crippen LogP contribution in [0.3, 0.4) is 0 Å². The standard InChI is InChI=1S/C19H24N2O5S/c1-15-9-10-18(25-2)17(13-15)21(27(3,23)24)12-11-20-19(22)14-26-16-7-5-4-6-8-16/h4-10,13H,11-12,14H2,1-3H3,(H,20,22). The molecule has 0 heterocycles. The van der Waals surface area contributed by atoms with Gasteiger partial charge in [-0.15, -0.1) is 0 Å². The zero-order valence-corrected chi connectivity index (χ0v) is 16.5. The third-order valence-electron chi connectivity index (χ3n) is 3.75. The number of sulfonamides is 1. The van der Waals surface area contributed by atoms with Crippen molar-refractivity contribution in [2.45, 2.75) is 6.92 Å². The van der Waals surface area contributed by atoms with Crippen molar-refractivity contribution >= 4 is 21.6 Å². The molecular formula is C19H24N2O5S. The Kier molecular flexibility index (Phi) is 7.06. The lowest BCUT2D eigenvalue weighted by Crippen LogP contribution is -2.39. The van der Waals surface area contributed by atoms with E-state index >= 15 is 0 Å². The van der Waals surface area contributed by atoms with E-state index in [4.69, 9.17) is 9.47 Å². The van der Waals surface area contributed by atoms with E-state index in [9.17, 15) is 13.2 Å². The lowest BCUT2D eigenvalue weighted by Gasteiger charge is -2.24. The van der Waals surface area contributed by atoms with Crippen LogP contribution in [0.2, 0.25) is 0 Å². The third kappa shape index (κ3) is 6.18. The van der Waals surface area contributed by atoms with Gasteiger partial charge in [0.25, 0.3) is 5.91 Å². The van der Waals surface area contributed by atoms with E-state index in [1.807, 2.05) is 31.2 Å². The molecule has 0 aromatic heterocycles. The highest BCUT2D eigenvalue weighted by Crippen LogP contribution is 2.30. The number of ether oxygens (including phenoxy) is 2. The average Bonchev–Trinajstić information content (AvgIpc) is 2.63. The number of hydrogen-bond donors (Lipinski definition) is 1. The first-order chi connectivity index (χ1) is 12.8. The van der Waals surface area contributed by atoms with Crippen molar-refractivity contribution in [2.24, 2.45) is 0 Å². The molecule has 0 atom stereocenters. The molecule has 2 aromatic rings. The third-order valence-corrected chi connectivity index (χ3v) is 4.93. The van der Waals surface area contributed by atoms with Crippen LogP contribution in [0.1, 0.15) is 5.56 Å². The Hall–Kier alpha value is -2.74. The number of rotatable bonds is 9. The summed E-state index contributed by atoms with van der Waals surface area (Å²) in [5.74, 6) is 0.711. The second-order valence-electron chi connectivity index (χ2n) is 5.96. The maximum atomic E-state index is 12.2. The Morgan fingerprint density at radius 1 is 1.15 bits per heavy atom. The molecule has 1 amide bonds. The molecule has 0 radical (unpaired) electrons. The van der Waals surface area contributed by atoms with Crippen LogP contribution in [-0.2, 0) is 14.8 Å². The van der Waals surface area contributed by atoms with Crippen LogP contribution in [0.25, 0.3) is 0 Å². The van der Waals surface area contributed by atoms with Crippen molar-refractivity contribution in [3.8, 4) is 11.5 Å². The second kappa shape index (κ2) is 9.27. The summed E-state index contributed by atoms with van der Waals surface area (Å²) in [5.41, 5.74) is 1.34. The highest BCUT2D eigenvalue weighted by molar-refractivity contribution is 7.92. The number of para-hydroxylation sites is 1. The predicted octanol–water partition coefficient (Wildman–Crippen LogP) is 1.96. The van der Waals surface area contributed by atoms with Crippen LogP contribution < -0.4 is 19.1 Å². The van der Waals surface area contributed by atoms with Crippen molar-refractivity contribution < 1.29 is 22.7 Å². The van der Waals surface area contributed by atoms with Crippen molar-refractivity contribution in [3.63, 3.8) is 0 Å². The lowest BCUT2D eigenvalue weighted by molar-refractivity contribution is -0.123. The monoisotopic (exact) mass is 392 g/mol. The van der Waals surface area contributed by atoms with Gasteiger partial charge in [0.15, 0.2) is 6.61 Å². The molecule has 0 aliphatic carbocycles. The van der Waals surface area contributed by atoms with Crippen LogP contribution in [0.4, 0.5) is 5.69 Å². The van der Waals surface area contributed by atoms with Crippen LogP contribution in [-0.4, -0.2) is 47.4 Å². The van der Waals surface area contributed by atoms with Crippen molar-refractivity contribution in [1.82, 2.24) is 5.32 Å². The van der Waals surface area contributed by atoms with E-state index in [0.29, 0.717) is 17.2 Å². The normalized spacial score (nSPS) is 10.9. The fourth-order valence-electron chi connectivity index (χ4n) is 2.47. The number of nitrogens with one attached hydrogen (secondary N) is 1. The van der Waals surface area contributed by atoms with Gasteiger partial charge in [0.2, 0.25) is 10.0 Å². The molecule has 0 saturated heterocycles. The van der Waals surface area contributed by atoms with E-state index in [1.54, 1.807) is 24.3 Å². The number of benzene rings is 2. The number of nitrogens with zero attached hydrogens (tertiary/aromatic N) is 1. The predicted molar refractivity (Wildman–Crippen MR) is 105 cm³/mol. The molecule has 1 N–H and O–H groups in total. The van der Waals surface area contributed by atoms with E-state index in [-0.39, 0.29) is 25.6 Å². The van der Waals surface area contributed by atoms with Gasteiger partial charge >= 0.3 is 0 Å². The molecule has 0 spiro atoms. The van der Waals surface area contributed by atoms with E-state index in [1.165, 1.54) is 11.4 Å². The molecule has 2 aromatic carbocycles. The molecule has 27 heavy (non-hydrogen) atoms. The fraction of sp³-hybridized carbons (Fsp3) is 0.316. The first-order valence-corrected chi connectivity index (χ1v) is 10.2. The molecule has 7 nitrogen and oxygen atoms in total. The Labute approximate surface area is 160 Å². The number of carbonyl (C=O) groups is 1. The molecule has 0 aliphatic rings. The molecule has 0 saturated carbocycles. The van der Waals surface area contributed by atoms with Crippen molar-refractivity contribution in [1.29, 1.82) is 0 Å². The van der Waals surface area contributed by atoms with Gasteiger partial charge in [-0.3, -0.25) is 9.10 Å². The van der Waals surface area contributed by atoms with Gasteiger partial charge in [-0.2, -0.15) is 0 Å². The van der Waals surface area contributed by atoms with Crippen LogP contribution in [0.5, 0.6) is 11.5 Å². The maximum absolute atomic E-state index is 12.2. The first-order valence-electron chi connectivity index (χ1n) is 8.38. The summed E-state index contributed by atoms with van der Waals surface area (Å²) in [6.45, 7) is 1.94. The quantitative estimate of drug-likeness (QED) is 0.705. The summed E-state index contributed by atoms with van der Waals surface area (Å²) in [4.78, 5) is 11.9. The number of carbonyl (C=O) groups excluding carboxylic acids is 1. The van der Waals surface area contributed by atoms with Crippen LogP contribution in [0, 0.1) is 6.92 Å². The zero-order valence-electron chi connectivity index (χ0n) is 15.6. The number of aryl methyl sites for hydroxylation is 1. The molecule has 8 heteroatoms. The highest BCUT2D eigenvalue weighted by atomic mass is 32.2. The lowest BCUT2D eigenvalue weighted by atomic mass is 10.2. The Bertz CT molecular complexity index is 869. The van der Waals surface area contributed by atoms with E-state index in [2.05, 4.69) is 5.32 Å². The van der Waals surface area contributed by atoms with E-state index < -0.39 is 10.0 Å². The molecule has 2 rings (SSSR count). The minimum Gasteiger partial charge on any atom is -0.495 e. The van der Waals surface area contributed by atoms with Gasteiger partial charge in [0.1, 0.15) is 11.5 Å². The average molecular weight is 392 g/mol. The van der Waals surface area contributed by atoms with Crippen LogP contribution >= 0.6 is 0 Å². The molecule has 0 unspecified atom stereocenters. The molecular weight excluding hydrogens is 368 g/mol. The summed E-state index contributed by atoms with van der Waals surface area (Å²) in [6.07, 6.45) is 1.12. The largest absolute Gasteiger partial charge is 0.495 e. The molecule has 0 aliphatic heterocycles. The second-order valence-corrected chi connectivity index (χ2v) is 7.87. The first kappa shape index (κ1) is 20.6. The summed E-state index contributed by atoms with van der Waals surface area (Å²) >= 11 is 0. The number of hydrogen-bond acceptors (Lipinski definition) is 5. The summed E-state index contributed by atoms with van der Waals surface area (Å²) in [6, 6.07) is 14.3. The number of anilines is 1. The number of methoxy groups -OCH3 is 1. The smallest absolute Gasteiger partial charge is 0.258 e. The zero-order chi connectivity index (χ0) is 19.9. The minimum atomic E-state index is -3.55. The Morgan fingerprint density at radius 2 is 1.85 bits per heavy atom. The molecule has 0 bridgehead atoms. The maximum Gasteiger partial charge on any atom is 0.258 e. The van der Waals surface area contributed by atoms with Gasteiger partial charge < -0.3 is 14.8 Å². The van der Waals surface area contributed by atoms with Gasteiger partial charge in [0.05, 0.1) is 25.6 Å². The summed E-state index contributed by atoms with van der Waals surface area (Å²) in [5, 5.41) is 2.67. The van der Waals surface area contributed by atoms with Gasteiger partial charge in [0, 0.05) is 6.54 Å². The van der Waals surface area contributed by atoms with Crippen molar-refractivity contribution in [3.05, 3.63) is 54.1 Å². The highest BCUT2D eigenvalue weighted by Gasteiger charge is 2.21. The number of amides is 1. The van der Waals surface area contributed by atoms with Gasteiger partial charge in [-0.1, -0.05) is 24.3 Å².